The van der Waals surface area contributed by atoms with Gasteiger partial charge in [-0.25, -0.2) is 0 Å². The van der Waals surface area contributed by atoms with Crippen LogP contribution in [0.2, 0.25) is 0 Å². The van der Waals surface area contributed by atoms with E-state index in [1.54, 1.807) is 0 Å². The van der Waals surface area contributed by atoms with E-state index in [0.29, 0.717) is 0 Å². The Balaban J connectivity index is 1.32. The van der Waals surface area contributed by atoms with Crippen LogP contribution in [0, 0.1) is 0 Å². The summed E-state index contributed by atoms with van der Waals surface area (Å²) in [4.78, 5) is 0. The van der Waals surface area contributed by atoms with E-state index in [2.05, 4.69) is 158 Å². The summed E-state index contributed by atoms with van der Waals surface area (Å²) < 4.78 is 6.48. The van der Waals surface area contributed by atoms with Crippen molar-refractivity contribution in [2.45, 2.75) is 5.41 Å². The molecular weight excluding hydrogens is 556 g/mol. The van der Waals surface area contributed by atoms with E-state index in [4.69, 9.17) is 4.74 Å². The van der Waals surface area contributed by atoms with Crippen molar-refractivity contribution in [2.24, 2.45) is 0 Å². The number of benzene rings is 8. The molecule has 1 unspecified atom stereocenters. The van der Waals surface area contributed by atoms with Crippen LogP contribution in [0.1, 0.15) is 22.3 Å². The normalized spacial score (nSPS) is 16.1. The first kappa shape index (κ1) is 24.4. The molecule has 1 spiro atoms. The lowest BCUT2D eigenvalue weighted by atomic mass is 9.61. The largest absolute Gasteiger partial charge is 0.456 e. The summed E-state index contributed by atoms with van der Waals surface area (Å²) in [5.74, 6) is 1.82. The average Bonchev–Trinajstić information content (AvgIpc) is 3.42. The quantitative estimate of drug-likeness (QED) is 0.187. The highest BCUT2D eigenvalue weighted by Gasteiger charge is 2.50. The van der Waals surface area contributed by atoms with Gasteiger partial charge in [0.25, 0.3) is 0 Å². The minimum absolute atomic E-state index is 0.438. The predicted molar refractivity (Wildman–Crippen MR) is 189 cm³/mol. The van der Waals surface area contributed by atoms with Gasteiger partial charge in [-0.2, -0.15) is 0 Å². The second kappa shape index (κ2) is 8.62. The molecule has 0 amide bonds. The third-order valence-corrected chi connectivity index (χ3v) is 10.7. The average molecular weight is 583 g/mol. The van der Waals surface area contributed by atoms with Crippen molar-refractivity contribution < 1.29 is 4.74 Å². The van der Waals surface area contributed by atoms with Gasteiger partial charge in [-0.3, -0.25) is 0 Å². The summed E-state index contributed by atoms with van der Waals surface area (Å²) in [6.07, 6.45) is 0. The monoisotopic (exact) mass is 582 g/mol. The van der Waals surface area contributed by atoms with Gasteiger partial charge in [-0.1, -0.05) is 146 Å². The zero-order valence-corrected chi connectivity index (χ0v) is 24.9. The molecule has 0 saturated carbocycles. The van der Waals surface area contributed by atoms with E-state index in [1.807, 2.05) is 0 Å². The van der Waals surface area contributed by atoms with Gasteiger partial charge in [0.2, 0.25) is 0 Å². The maximum atomic E-state index is 6.48. The Hall–Kier alpha value is -5.92. The molecule has 0 aromatic heterocycles. The molecule has 3 aliphatic rings. The Kier molecular flexibility index (Phi) is 4.57. The van der Waals surface area contributed by atoms with Crippen LogP contribution in [0.4, 0.5) is 0 Å². The molecule has 8 aromatic rings. The van der Waals surface area contributed by atoms with Crippen molar-refractivity contribution >= 4 is 21.5 Å². The highest BCUT2D eigenvalue weighted by molar-refractivity contribution is 6.13. The minimum atomic E-state index is -0.438. The number of hydrogen-bond acceptors (Lipinski definition) is 1. The SMILES string of the molecule is c1ccc2c(c1)Oc1cccc3ccc(-c4cccc5c4-c4ccccc4C54c5ccccc5-c5cccc6cccc4c56)c-2c13. The first-order chi connectivity index (χ1) is 22.8. The van der Waals surface area contributed by atoms with E-state index in [9.17, 15) is 0 Å². The van der Waals surface area contributed by atoms with Crippen LogP contribution < -0.4 is 4.74 Å². The maximum absolute atomic E-state index is 6.48. The third kappa shape index (κ3) is 2.83. The molecular formula is C45H26O. The van der Waals surface area contributed by atoms with Crippen LogP contribution in [0.15, 0.2) is 158 Å². The predicted octanol–water partition coefficient (Wildman–Crippen LogP) is 11.8. The zero-order chi connectivity index (χ0) is 30.0. The number of fused-ring (bicyclic) bond motifs is 11. The summed E-state index contributed by atoms with van der Waals surface area (Å²) in [5.41, 5.74) is 15.1. The van der Waals surface area contributed by atoms with Crippen molar-refractivity contribution in [1.29, 1.82) is 0 Å². The van der Waals surface area contributed by atoms with Gasteiger partial charge in [0, 0.05) is 16.5 Å². The van der Waals surface area contributed by atoms with Crippen molar-refractivity contribution in [3.63, 3.8) is 0 Å². The van der Waals surface area contributed by atoms with Gasteiger partial charge in [0.1, 0.15) is 11.5 Å². The molecule has 0 saturated heterocycles. The Morgan fingerprint density at radius 3 is 1.72 bits per heavy atom. The van der Waals surface area contributed by atoms with Crippen LogP contribution in [-0.2, 0) is 5.41 Å². The first-order valence-corrected chi connectivity index (χ1v) is 16.0. The molecule has 0 fully saturated rings. The fourth-order valence-corrected chi connectivity index (χ4v) is 9.02. The fourth-order valence-electron chi connectivity index (χ4n) is 9.02. The van der Waals surface area contributed by atoms with Gasteiger partial charge in [-0.05, 0) is 83.9 Å². The summed E-state index contributed by atoms with van der Waals surface area (Å²) in [5, 5.41) is 5.01. The van der Waals surface area contributed by atoms with Gasteiger partial charge >= 0.3 is 0 Å². The molecule has 1 nitrogen and oxygen atoms in total. The molecule has 1 atom stereocenters. The Bertz CT molecular complexity index is 2620. The maximum Gasteiger partial charge on any atom is 0.135 e. The fraction of sp³-hybridized carbons (Fsp3) is 0.0222. The van der Waals surface area contributed by atoms with Crippen molar-refractivity contribution in [2.75, 3.05) is 0 Å². The minimum Gasteiger partial charge on any atom is -0.456 e. The van der Waals surface area contributed by atoms with Crippen LogP contribution in [0.25, 0.3) is 66.1 Å². The lowest BCUT2D eigenvalue weighted by Crippen LogP contribution is -2.31. The molecule has 1 heteroatoms. The van der Waals surface area contributed by atoms with Crippen LogP contribution in [-0.4, -0.2) is 0 Å². The molecule has 1 heterocycles. The summed E-state index contributed by atoms with van der Waals surface area (Å²) >= 11 is 0. The Labute approximate surface area is 267 Å². The standard InChI is InChI=1S/C45H26O/c1-4-19-35-29(14-1)30-17-7-11-27-12-8-21-37(41(27)30)45(35)36-20-5-2-15-33(36)43-31(18-10-22-38(43)45)32-26-25-28-13-9-24-40-42(28)44(32)34-16-3-6-23-39(34)46-40/h1-26H. The summed E-state index contributed by atoms with van der Waals surface area (Å²) in [7, 11) is 0. The molecule has 46 heavy (non-hydrogen) atoms. The molecule has 0 radical (unpaired) electrons. The molecule has 8 aromatic carbocycles. The van der Waals surface area contributed by atoms with E-state index in [0.717, 1.165) is 17.1 Å². The Morgan fingerprint density at radius 1 is 0.304 bits per heavy atom. The van der Waals surface area contributed by atoms with Crippen molar-refractivity contribution in [3.05, 3.63) is 180 Å². The Morgan fingerprint density at radius 2 is 0.848 bits per heavy atom. The second-order valence-corrected chi connectivity index (χ2v) is 12.7. The smallest absolute Gasteiger partial charge is 0.135 e. The number of ether oxygens (including phenoxy) is 1. The molecule has 212 valence electrons. The lowest BCUT2D eigenvalue weighted by molar-refractivity contribution is 0.487. The van der Waals surface area contributed by atoms with Crippen LogP contribution in [0.5, 0.6) is 11.5 Å². The van der Waals surface area contributed by atoms with E-state index >= 15 is 0 Å². The molecule has 11 rings (SSSR count). The highest BCUT2D eigenvalue weighted by Crippen LogP contribution is 2.63. The molecule has 2 aliphatic carbocycles. The highest BCUT2D eigenvalue weighted by atomic mass is 16.5. The van der Waals surface area contributed by atoms with E-state index < -0.39 is 5.41 Å². The topological polar surface area (TPSA) is 9.23 Å². The first-order valence-electron chi connectivity index (χ1n) is 16.0. The third-order valence-electron chi connectivity index (χ3n) is 10.7. The zero-order valence-electron chi connectivity index (χ0n) is 24.9. The van der Waals surface area contributed by atoms with Gasteiger partial charge < -0.3 is 4.74 Å². The van der Waals surface area contributed by atoms with E-state index in [-0.39, 0.29) is 0 Å². The van der Waals surface area contributed by atoms with Gasteiger partial charge in [0.15, 0.2) is 0 Å². The number of para-hydroxylation sites is 1. The van der Waals surface area contributed by atoms with Crippen molar-refractivity contribution in [1.82, 2.24) is 0 Å². The summed E-state index contributed by atoms with van der Waals surface area (Å²) in [6, 6.07) is 58.3. The lowest BCUT2D eigenvalue weighted by Gasteiger charge is -2.40. The summed E-state index contributed by atoms with van der Waals surface area (Å²) in [6.45, 7) is 0. The second-order valence-electron chi connectivity index (χ2n) is 12.7. The number of rotatable bonds is 1. The molecule has 0 N–H and O–H groups in total. The molecule has 1 aliphatic heterocycles. The number of hydrogen-bond donors (Lipinski definition) is 0. The van der Waals surface area contributed by atoms with Gasteiger partial charge in [-0.15, -0.1) is 0 Å². The molecule has 0 bridgehead atoms. The van der Waals surface area contributed by atoms with Crippen LogP contribution in [0.3, 0.4) is 0 Å². The van der Waals surface area contributed by atoms with Gasteiger partial charge in [0.05, 0.1) is 5.41 Å². The van der Waals surface area contributed by atoms with Crippen LogP contribution >= 0.6 is 0 Å². The van der Waals surface area contributed by atoms with Crippen molar-refractivity contribution in [3.8, 4) is 56.0 Å². The van der Waals surface area contributed by atoms with E-state index in [1.165, 1.54) is 82.7 Å².